The Morgan fingerprint density at radius 2 is 1.79 bits per heavy atom. The summed E-state index contributed by atoms with van der Waals surface area (Å²) in [6, 6.07) is 16.6. The minimum Gasteiger partial charge on any atom is -0.456 e. The molecule has 3 aromatic rings. The highest BCUT2D eigenvalue weighted by molar-refractivity contribution is 5.85. The zero-order valence-corrected chi connectivity index (χ0v) is 11.2. The summed E-state index contributed by atoms with van der Waals surface area (Å²) < 4.78 is 5.95. The van der Waals surface area contributed by atoms with E-state index in [2.05, 4.69) is 55.5 Å². The Bertz CT molecular complexity index is 708. The number of nitrogens with two attached hydrogens (primary N) is 1. The van der Waals surface area contributed by atoms with Gasteiger partial charge in [-0.1, -0.05) is 42.5 Å². The molecule has 0 radical (unpaired) electrons. The molecule has 0 bridgehead atoms. The molecule has 0 aliphatic rings. The lowest BCUT2D eigenvalue weighted by Gasteiger charge is -2.05. The molecule has 0 spiro atoms. The monoisotopic (exact) mass is 251 g/mol. The van der Waals surface area contributed by atoms with Crippen LogP contribution in [-0.2, 0) is 0 Å². The number of para-hydroxylation sites is 1. The molecule has 2 heteroatoms. The molecule has 0 aliphatic carbocycles. The second kappa shape index (κ2) is 4.56. The normalized spacial score (nSPS) is 12.8. The van der Waals surface area contributed by atoms with Crippen LogP contribution >= 0.6 is 0 Å². The Balaban J connectivity index is 2.06. The number of rotatable bonds is 2. The van der Waals surface area contributed by atoms with Crippen molar-refractivity contribution in [3.05, 3.63) is 59.7 Å². The third-order valence-electron chi connectivity index (χ3n) is 3.46. The van der Waals surface area contributed by atoms with Crippen LogP contribution < -0.4 is 5.73 Å². The zero-order valence-electron chi connectivity index (χ0n) is 11.2. The number of aryl methyl sites for hydroxylation is 1. The fraction of sp³-hybridized carbons (Fsp3) is 0.176. The van der Waals surface area contributed by atoms with Gasteiger partial charge in [-0.3, -0.25) is 0 Å². The first-order valence-electron chi connectivity index (χ1n) is 6.50. The SMILES string of the molecule is Cc1cccc2cc(-c3ccc(C(C)N)cc3)oc12. The summed E-state index contributed by atoms with van der Waals surface area (Å²) in [6.07, 6.45) is 0. The van der Waals surface area contributed by atoms with Gasteiger partial charge in [0.25, 0.3) is 0 Å². The fourth-order valence-electron chi connectivity index (χ4n) is 2.30. The first kappa shape index (κ1) is 12.0. The van der Waals surface area contributed by atoms with Crippen LogP contribution in [0.15, 0.2) is 52.9 Å². The van der Waals surface area contributed by atoms with Crippen LogP contribution in [-0.4, -0.2) is 0 Å². The number of fused-ring (bicyclic) bond motifs is 1. The Hall–Kier alpha value is -2.06. The predicted molar refractivity (Wildman–Crippen MR) is 79.0 cm³/mol. The molecule has 19 heavy (non-hydrogen) atoms. The number of hydrogen-bond acceptors (Lipinski definition) is 2. The van der Waals surface area contributed by atoms with E-state index in [1.54, 1.807) is 0 Å². The molecule has 1 unspecified atom stereocenters. The summed E-state index contributed by atoms with van der Waals surface area (Å²) in [4.78, 5) is 0. The van der Waals surface area contributed by atoms with Crippen LogP contribution in [0, 0.1) is 6.92 Å². The van der Waals surface area contributed by atoms with Gasteiger partial charge in [0.15, 0.2) is 0 Å². The molecule has 0 saturated carbocycles. The van der Waals surface area contributed by atoms with Gasteiger partial charge in [-0.05, 0) is 31.0 Å². The maximum atomic E-state index is 5.95. The van der Waals surface area contributed by atoms with Crippen molar-refractivity contribution in [2.75, 3.05) is 0 Å². The Kier molecular flexibility index (Phi) is 2.88. The van der Waals surface area contributed by atoms with Crippen molar-refractivity contribution in [1.82, 2.24) is 0 Å². The second-order valence-electron chi connectivity index (χ2n) is 5.01. The van der Waals surface area contributed by atoms with Crippen molar-refractivity contribution in [1.29, 1.82) is 0 Å². The second-order valence-corrected chi connectivity index (χ2v) is 5.01. The summed E-state index contributed by atoms with van der Waals surface area (Å²) in [6.45, 7) is 4.05. The highest BCUT2D eigenvalue weighted by Crippen LogP contribution is 2.30. The van der Waals surface area contributed by atoms with Crippen LogP contribution in [0.25, 0.3) is 22.3 Å². The lowest BCUT2D eigenvalue weighted by Crippen LogP contribution is -2.04. The maximum absolute atomic E-state index is 5.95. The molecule has 1 aromatic heterocycles. The standard InChI is InChI=1S/C17H17NO/c1-11-4-3-5-15-10-16(19-17(11)15)14-8-6-13(7-9-14)12(2)18/h3-10,12H,18H2,1-2H3. The van der Waals surface area contributed by atoms with Gasteiger partial charge in [0.05, 0.1) is 0 Å². The highest BCUT2D eigenvalue weighted by Gasteiger charge is 2.08. The van der Waals surface area contributed by atoms with Crippen molar-refractivity contribution >= 4 is 11.0 Å². The predicted octanol–water partition coefficient (Wildman–Crippen LogP) is 4.43. The molecule has 96 valence electrons. The average molecular weight is 251 g/mol. The molecule has 2 aromatic carbocycles. The van der Waals surface area contributed by atoms with Crippen LogP contribution in [0.4, 0.5) is 0 Å². The number of furan rings is 1. The summed E-state index contributed by atoms with van der Waals surface area (Å²) in [5, 5.41) is 1.14. The van der Waals surface area contributed by atoms with Crippen LogP contribution in [0.1, 0.15) is 24.1 Å². The average Bonchev–Trinajstić information content (AvgIpc) is 2.84. The summed E-state index contributed by atoms with van der Waals surface area (Å²) in [7, 11) is 0. The van der Waals surface area contributed by atoms with Gasteiger partial charge in [-0.2, -0.15) is 0 Å². The van der Waals surface area contributed by atoms with Gasteiger partial charge in [0, 0.05) is 17.0 Å². The third kappa shape index (κ3) is 2.15. The lowest BCUT2D eigenvalue weighted by molar-refractivity contribution is 0.629. The minimum absolute atomic E-state index is 0.0620. The van der Waals surface area contributed by atoms with Crippen LogP contribution in [0.2, 0.25) is 0 Å². The largest absolute Gasteiger partial charge is 0.456 e. The van der Waals surface area contributed by atoms with Crippen molar-refractivity contribution in [2.24, 2.45) is 5.73 Å². The van der Waals surface area contributed by atoms with Gasteiger partial charge in [-0.25, -0.2) is 0 Å². The molecule has 0 aliphatic heterocycles. The fourth-order valence-corrected chi connectivity index (χ4v) is 2.30. The van der Waals surface area contributed by atoms with E-state index < -0.39 is 0 Å². The van der Waals surface area contributed by atoms with E-state index in [9.17, 15) is 0 Å². The zero-order chi connectivity index (χ0) is 13.4. The van der Waals surface area contributed by atoms with E-state index in [1.165, 1.54) is 0 Å². The smallest absolute Gasteiger partial charge is 0.137 e. The van der Waals surface area contributed by atoms with Crippen molar-refractivity contribution in [3.8, 4) is 11.3 Å². The van der Waals surface area contributed by atoms with E-state index in [-0.39, 0.29) is 6.04 Å². The molecule has 1 heterocycles. The van der Waals surface area contributed by atoms with E-state index in [0.29, 0.717) is 0 Å². The molecular formula is C17H17NO. The summed E-state index contributed by atoms with van der Waals surface area (Å²) in [5.41, 5.74) is 10.2. The van der Waals surface area contributed by atoms with Gasteiger partial charge < -0.3 is 10.2 Å². The maximum Gasteiger partial charge on any atom is 0.137 e. The molecule has 2 N–H and O–H groups in total. The van der Waals surface area contributed by atoms with Crippen LogP contribution in [0.5, 0.6) is 0 Å². The molecule has 2 nitrogen and oxygen atoms in total. The van der Waals surface area contributed by atoms with E-state index in [0.717, 1.165) is 33.4 Å². The highest BCUT2D eigenvalue weighted by atomic mass is 16.3. The molecular weight excluding hydrogens is 234 g/mol. The summed E-state index contributed by atoms with van der Waals surface area (Å²) >= 11 is 0. The Morgan fingerprint density at radius 1 is 1.05 bits per heavy atom. The number of benzene rings is 2. The Labute approximate surface area is 112 Å². The number of hydrogen-bond donors (Lipinski definition) is 1. The van der Waals surface area contributed by atoms with E-state index in [1.807, 2.05) is 6.92 Å². The van der Waals surface area contributed by atoms with Crippen molar-refractivity contribution < 1.29 is 4.42 Å². The van der Waals surface area contributed by atoms with Gasteiger partial charge in [0.1, 0.15) is 11.3 Å². The quantitative estimate of drug-likeness (QED) is 0.731. The first-order chi connectivity index (χ1) is 9.15. The topological polar surface area (TPSA) is 39.2 Å². The minimum atomic E-state index is 0.0620. The van der Waals surface area contributed by atoms with E-state index in [4.69, 9.17) is 10.2 Å². The van der Waals surface area contributed by atoms with Crippen LogP contribution in [0.3, 0.4) is 0 Å². The van der Waals surface area contributed by atoms with Gasteiger partial charge in [-0.15, -0.1) is 0 Å². The van der Waals surface area contributed by atoms with Crippen molar-refractivity contribution in [2.45, 2.75) is 19.9 Å². The van der Waals surface area contributed by atoms with Crippen molar-refractivity contribution in [3.63, 3.8) is 0 Å². The van der Waals surface area contributed by atoms with E-state index >= 15 is 0 Å². The molecule has 0 amide bonds. The Morgan fingerprint density at radius 3 is 2.42 bits per heavy atom. The summed E-state index contributed by atoms with van der Waals surface area (Å²) in [5.74, 6) is 0.903. The molecule has 0 fully saturated rings. The van der Waals surface area contributed by atoms with Gasteiger partial charge in [0.2, 0.25) is 0 Å². The first-order valence-corrected chi connectivity index (χ1v) is 6.50. The molecule has 3 rings (SSSR count). The third-order valence-corrected chi connectivity index (χ3v) is 3.46. The van der Waals surface area contributed by atoms with Gasteiger partial charge >= 0.3 is 0 Å². The molecule has 1 atom stereocenters. The lowest BCUT2D eigenvalue weighted by atomic mass is 10.1. The molecule has 0 saturated heterocycles.